The van der Waals surface area contributed by atoms with Crippen LogP contribution in [0.3, 0.4) is 0 Å². The average molecular weight is 310 g/mol. The molecule has 0 bridgehead atoms. The van der Waals surface area contributed by atoms with Crippen molar-refractivity contribution in [2.24, 2.45) is 5.92 Å². The van der Waals surface area contributed by atoms with Crippen molar-refractivity contribution < 1.29 is 19.8 Å². The molecule has 0 saturated carbocycles. The van der Waals surface area contributed by atoms with Gasteiger partial charge in [0.25, 0.3) is 0 Å². The summed E-state index contributed by atoms with van der Waals surface area (Å²) in [7, 11) is 0. The number of hydrogen-bond donors (Lipinski definition) is 4. The van der Waals surface area contributed by atoms with E-state index in [1.54, 1.807) is 13.0 Å². The lowest BCUT2D eigenvalue weighted by Crippen LogP contribution is -2.34. The number of carboxylic acids is 1. The molecule has 0 heterocycles. The van der Waals surface area contributed by atoms with Crippen LogP contribution in [-0.4, -0.2) is 27.2 Å². The largest absolute Gasteiger partial charge is 0.507 e. The first-order valence-electron chi connectivity index (χ1n) is 6.38. The highest BCUT2D eigenvalue weighted by atomic mass is 32.1. The van der Waals surface area contributed by atoms with Crippen molar-refractivity contribution >= 4 is 34.9 Å². The first kappa shape index (κ1) is 16.9. The lowest BCUT2D eigenvalue weighted by atomic mass is 10.1. The van der Waals surface area contributed by atoms with Gasteiger partial charge in [0.05, 0.1) is 0 Å². The third-order valence-corrected chi connectivity index (χ3v) is 2.84. The lowest BCUT2D eigenvalue weighted by molar-refractivity contribution is -0.120. The fourth-order valence-electron chi connectivity index (χ4n) is 1.73. The zero-order chi connectivity index (χ0) is 16.2. The Morgan fingerprint density at radius 3 is 2.48 bits per heavy atom. The molecule has 0 aliphatic heterocycles. The van der Waals surface area contributed by atoms with Gasteiger partial charge in [0.2, 0.25) is 5.91 Å². The Hall–Kier alpha value is -2.15. The molecule has 4 N–H and O–H groups in total. The Morgan fingerprint density at radius 2 is 1.95 bits per heavy atom. The Bertz CT molecular complexity index is 585. The highest BCUT2D eigenvalue weighted by Crippen LogP contribution is 2.26. The Morgan fingerprint density at radius 1 is 1.33 bits per heavy atom. The van der Waals surface area contributed by atoms with Gasteiger partial charge >= 0.3 is 5.97 Å². The second-order valence-electron chi connectivity index (χ2n) is 5.09. The molecular formula is C14H18N2O4S. The van der Waals surface area contributed by atoms with Gasteiger partial charge in [0.15, 0.2) is 5.11 Å². The topological polar surface area (TPSA) is 98.7 Å². The summed E-state index contributed by atoms with van der Waals surface area (Å²) in [5, 5.41) is 24.0. The zero-order valence-corrected chi connectivity index (χ0v) is 12.9. The number of amides is 1. The van der Waals surface area contributed by atoms with Gasteiger partial charge in [0, 0.05) is 12.1 Å². The molecule has 0 radical (unpaired) electrons. The molecule has 114 valence electrons. The average Bonchev–Trinajstić information content (AvgIpc) is 2.31. The van der Waals surface area contributed by atoms with Crippen LogP contribution in [0.1, 0.15) is 36.2 Å². The highest BCUT2D eigenvalue weighted by Gasteiger charge is 2.14. The number of carbonyl (C=O) groups excluding carboxylic acids is 1. The molecule has 0 fully saturated rings. The third-order valence-electron chi connectivity index (χ3n) is 2.64. The van der Waals surface area contributed by atoms with E-state index >= 15 is 0 Å². The minimum Gasteiger partial charge on any atom is -0.507 e. The van der Waals surface area contributed by atoms with Crippen LogP contribution in [0.25, 0.3) is 0 Å². The van der Waals surface area contributed by atoms with E-state index < -0.39 is 5.97 Å². The van der Waals surface area contributed by atoms with Gasteiger partial charge in [-0.3, -0.25) is 4.79 Å². The van der Waals surface area contributed by atoms with Gasteiger partial charge in [-0.25, -0.2) is 4.79 Å². The van der Waals surface area contributed by atoms with Gasteiger partial charge in [-0.1, -0.05) is 13.8 Å². The summed E-state index contributed by atoms with van der Waals surface area (Å²) >= 11 is 5.00. The van der Waals surface area contributed by atoms with Gasteiger partial charge in [-0.15, -0.1) is 0 Å². The van der Waals surface area contributed by atoms with Crippen LogP contribution in [0.4, 0.5) is 5.69 Å². The number of hydrogen-bond acceptors (Lipinski definition) is 4. The summed E-state index contributed by atoms with van der Waals surface area (Å²) in [6.45, 7) is 5.41. The molecule has 1 rings (SSSR count). The normalized spacial score (nSPS) is 10.3. The fourth-order valence-corrected chi connectivity index (χ4v) is 1.96. The summed E-state index contributed by atoms with van der Waals surface area (Å²) in [6.07, 6.45) is 0.344. The van der Waals surface area contributed by atoms with Crippen molar-refractivity contribution in [3.05, 3.63) is 23.3 Å². The smallest absolute Gasteiger partial charge is 0.339 e. The monoisotopic (exact) mass is 310 g/mol. The van der Waals surface area contributed by atoms with Gasteiger partial charge < -0.3 is 20.8 Å². The molecule has 0 unspecified atom stereocenters. The molecule has 0 spiro atoms. The molecule has 0 aliphatic rings. The molecule has 7 heteroatoms. The number of thiocarbonyl (C=S) groups is 1. The maximum atomic E-state index is 11.6. The number of anilines is 1. The molecule has 0 saturated heterocycles. The molecule has 1 aromatic rings. The maximum absolute atomic E-state index is 11.6. The SMILES string of the molecule is Cc1cc(NC(=S)NC(=O)CC(C)C)cc(C(=O)O)c1O. The molecule has 0 aliphatic carbocycles. The van der Waals surface area contributed by atoms with Crippen molar-refractivity contribution in [3.63, 3.8) is 0 Å². The molecular weight excluding hydrogens is 292 g/mol. The molecule has 21 heavy (non-hydrogen) atoms. The van der Waals surface area contributed by atoms with E-state index in [1.165, 1.54) is 6.07 Å². The predicted octanol–water partition coefficient (Wildman–Crippen LogP) is 2.26. The number of benzene rings is 1. The van der Waals surface area contributed by atoms with Gasteiger partial charge in [-0.2, -0.15) is 0 Å². The van der Waals surface area contributed by atoms with Crippen LogP contribution >= 0.6 is 12.2 Å². The highest BCUT2D eigenvalue weighted by molar-refractivity contribution is 7.80. The first-order valence-corrected chi connectivity index (χ1v) is 6.79. The number of aromatic carboxylic acids is 1. The second-order valence-corrected chi connectivity index (χ2v) is 5.50. The standard InChI is InChI=1S/C14H18N2O4S/c1-7(2)4-11(17)16-14(21)15-9-5-8(3)12(18)10(6-9)13(19)20/h5-7,18H,4H2,1-3H3,(H,19,20)(H2,15,16,17,21). The molecule has 1 aromatic carbocycles. The minimum absolute atomic E-state index is 0.0853. The summed E-state index contributed by atoms with van der Waals surface area (Å²) in [5.41, 5.74) is 0.556. The van der Waals surface area contributed by atoms with E-state index in [4.69, 9.17) is 17.3 Å². The zero-order valence-electron chi connectivity index (χ0n) is 12.1. The predicted molar refractivity (Wildman–Crippen MR) is 83.6 cm³/mol. The van der Waals surface area contributed by atoms with E-state index in [-0.39, 0.29) is 28.3 Å². The van der Waals surface area contributed by atoms with Crippen LogP contribution in [0, 0.1) is 12.8 Å². The van der Waals surface area contributed by atoms with Crippen LogP contribution in [0.5, 0.6) is 5.75 Å². The van der Waals surface area contributed by atoms with E-state index in [2.05, 4.69) is 10.6 Å². The summed E-state index contributed by atoms with van der Waals surface area (Å²) in [5.74, 6) is -1.53. The summed E-state index contributed by atoms with van der Waals surface area (Å²) in [4.78, 5) is 22.6. The molecule has 6 nitrogen and oxygen atoms in total. The van der Waals surface area contributed by atoms with Gasteiger partial charge in [0.1, 0.15) is 11.3 Å². The number of aryl methyl sites for hydroxylation is 1. The number of rotatable bonds is 4. The van der Waals surface area contributed by atoms with E-state index in [0.717, 1.165) is 0 Å². The van der Waals surface area contributed by atoms with Crippen LogP contribution in [-0.2, 0) is 4.79 Å². The van der Waals surface area contributed by atoms with Crippen LogP contribution in [0.15, 0.2) is 12.1 Å². The number of nitrogens with one attached hydrogen (secondary N) is 2. The first-order chi connectivity index (χ1) is 9.70. The molecule has 1 amide bonds. The summed E-state index contributed by atoms with van der Waals surface area (Å²) < 4.78 is 0. The molecule has 0 atom stereocenters. The molecule has 0 aromatic heterocycles. The number of aromatic hydroxyl groups is 1. The van der Waals surface area contributed by atoms with Crippen molar-refractivity contribution in [2.45, 2.75) is 27.2 Å². The van der Waals surface area contributed by atoms with E-state index in [9.17, 15) is 14.7 Å². The van der Waals surface area contributed by atoms with Gasteiger partial charge in [-0.05, 0) is 42.8 Å². The van der Waals surface area contributed by atoms with E-state index in [0.29, 0.717) is 17.7 Å². The van der Waals surface area contributed by atoms with Crippen LogP contribution in [0.2, 0.25) is 0 Å². The maximum Gasteiger partial charge on any atom is 0.339 e. The quantitative estimate of drug-likeness (QED) is 0.503. The number of carbonyl (C=O) groups is 2. The van der Waals surface area contributed by atoms with Crippen LogP contribution < -0.4 is 10.6 Å². The van der Waals surface area contributed by atoms with Crippen molar-refractivity contribution in [1.82, 2.24) is 5.32 Å². The Kier molecular flexibility index (Phi) is 5.66. The minimum atomic E-state index is -1.24. The Labute approximate surface area is 128 Å². The number of phenols is 1. The summed E-state index contributed by atoms with van der Waals surface area (Å²) in [6, 6.07) is 2.80. The Balaban J connectivity index is 2.82. The van der Waals surface area contributed by atoms with Crippen molar-refractivity contribution in [3.8, 4) is 5.75 Å². The lowest BCUT2D eigenvalue weighted by Gasteiger charge is -2.12. The van der Waals surface area contributed by atoms with Crippen molar-refractivity contribution in [1.29, 1.82) is 0 Å². The number of carboxylic acid groups (broad SMARTS) is 1. The van der Waals surface area contributed by atoms with Crippen molar-refractivity contribution in [2.75, 3.05) is 5.32 Å². The second kappa shape index (κ2) is 7.03. The third kappa shape index (κ3) is 5.03. The van der Waals surface area contributed by atoms with E-state index in [1.807, 2.05) is 13.8 Å². The fraction of sp³-hybridized carbons (Fsp3) is 0.357.